The second-order valence-electron chi connectivity index (χ2n) is 7.95. The van der Waals surface area contributed by atoms with Crippen LogP contribution >= 0.6 is 0 Å². The van der Waals surface area contributed by atoms with E-state index in [9.17, 15) is 0 Å². The van der Waals surface area contributed by atoms with E-state index in [1.54, 1.807) is 0 Å². The van der Waals surface area contributed by atoms with Crippen molar-refractivity contribution in [3.63, 3.8) is 0 Å². The number of pyridine rings is 2. The fraction of sp³-hybridized carbons (Fsp3) is 0. The van der Waals surface area contributed by atoms with Gasteiger partial charge in [0.2, 0.25) is 0 Å². The lowest BCUT2D eigenvalue weighted by Crippen LogP contribution is -2.03. The molecule has 0 saturated heterocycles. The highest BCUT2D eigenvalue weighted by Crippen LogP contribution is 2.33. The van der Waals surface area contributed by atoms with Crippen molar-refractivity contribution < 1.29 is 0 Å². The van der Waals surface area contributed by atoms with Crippen molar-refractivity contribution in [2.45, 2.75) is 0 Å². The first-order valence-corrected chi connectivity index (χ1v) is 10.7. The Kier molecular flexibility index (Phi) is 3.52. The van der Waals surface area contributed by atoms with Crippen LogP contribution in [0.4, 0.5) is 0 Å². The largest absolute Gasteiger partial charge is 0.294 e. The molecule has 0 aliphatic rings. The molecule has 0 aliphatic carbocycles. The summed E-state index contributed by atoms with van der Waals surface area (Å²) in [6, 6.07) is 35.7. The van der Waals surface area contributed by atoms with Crippen molar-refractivity contribution in [1.29, 1.82) is 0 Å². The van der Waals surface area contributed by atoms with E-state index in [0.717, 1.165) is 44.6 Å². The van der Waals surface area contributed by atoms with E-state index < -0.39 is 0 Å². The highest BCUT2D eigenvalue weighted by molar-refractivity contribution is 6.09. The Labute approximate surface area is 184 Å². The Hall–Kier alpha value is -4.44. The van der Waals surface area contributed by atoms with Crippen molar-refractivity contribution in [3.8, 4) is 11.6 Å². The third kappa shape index (κ3) is 2.32. The molecule has 4 heterocycles. The fourth-order valence-electron chi connectivity index (χ4n) is 4.86. The zero-order valence-electron chi connectivity index (χ0n) is 17.2. The highest BCUT2D eigenvalue weighted by Gasteiger charge is 2.16. The maximum atomic E-state index is 5.16. The van der Waals surface area contributed by atoms with Gasteiger partial charge in [-0.3, -0.25) is 14.1 Å². The van der Waals surface area contributed by atoms with Crippen LogP contribution in [0.1, 0.15) is 0 Å². The second-order valence-corrected chi connectivity index (χ2v) is 7.95. The number of rotatable bonds is 2. The van der Waals surface area contributed by atoms with Crippen LogP contribution in [0.25, 0.3) is 55.4 Å². The van der Waals surface area contributed by atoms with Gasteiger partial charge in [-0.2, -0.15) is 0 Å². The van der Waals surface area contributed by atoms with Crippen molar-refractivity contribution in [3.05, 3.63) is 109 Å². The molecule has 4 aromatic heterocycles. The van der Waals surface area contributed by atoms with Gasteiger partial charge in [-0.25, -0.2) is 4.98 Å². The quantitative estimate of drug-likeness (QED) is 0.319. The summed E-state index contributed by atoms with van der Waals surface area (Å²) in [7, 11) is 0. The van der Waals surface area contributed by atoms with E-state index in [0.29, 0.717) is 0 Å². The van der Waals surface area contributed by atoms with Gasteiger partial charge in [0, 0.05) is 22.4 Å². The van der Waals surface area contributed by atoms with Gasteiger partial charge in [0.15, 0.2) is 0 Å². The second kappa shape index (κ2) is 6.53. The third-order valence-electron chi connectivity index (χ3n) is 6.19. The highest BCUT2D eigenvalue weighted by atomic mass is 15.1. The zero-order chi connectivity index (χ0) is 21.1. The van der Waals surface area contributed by atoms with E-state index in [4.69, 9.17) is 4.98 Å². The first kappa shape index (κ1) is 17.3. The van der Waals surface area contributed by atoms with Crippen LogP contribution < -0.4 is 0 Å². The van der Waals surface area contributed by atoms with E-state index in [2.05, 4.69) is 111 Å². The van der Waals surface area contributed by atoms with Crippen LogP contribution in [0.2, 0.25) is 0 Å². The molecule has 0 radical (unpaired) electrons. The molecule has 0 fully saturated rings. The minimum Gasteiger partial charge on any atom is -0.294 e. The minimum absolute atomic E-state index is 0.878. The first-order valence-electron chi connectivity index (χ1n) is 10.7. The molecule has 4 heteroatoms. The summed E-state index contributed by atoms with van der Waals surface area (Å²) in [6.07, 6.45) is 1.85. The molecule has 32 heavy (non-hydrogen) atoms. The summed E-state index contributed by atoms with van der Waals surface area (Å²) in [6.45, 7) is 0. The molecular formula is C28H18N4. The topological polar surface area (TPSA) is 35.6 Å². The zero-order valence-corrected chi connectivity index (χ0v) is 17.2. The summed E-state index contributed by atoms with van der Waals surface area (Å²) in [5.74, 6) is 1.78. The summed E-state index contributed by atoms with van der Waals surface area (Å²) < 4.78 is 4.45. The van der Waals surface area contributed by atoms with E-state index in [-0.39, 0.29) is 0 Å². The Bertz CT molecular complexity index is 1550. The number of hydrogen-bond donors (Lipinski definition) is 0. The van der Waals surface area contributed by atoms with Gasteiger partial charge >= 0.3 is 0 Å². The van der Waals surface area contributed by atoms with Gasteiger partial charge < -0.3 is 0 Å². The van der Waals surface area contributed by atoms with Gasteiger partial charge in [0.05, 0.1) is 27.6 Å². The maximum Gasteiger partial charge on any atom is 0.140 e. The number of hydrogen-bond acceptors (Lipinski definition) is 2. The van der Waals surface area contributed by atoms with Gasteiger partial charge in [-0.1, -0.05) is 60.7 Å². The number of benzene rings is 3. The number of fused-ring (bicyclic) bond motifs is 6. The molecule has 0 N–H and O–H groups in total. The Morgan fingerprint density at radius 2 is 0.938 bits per heavy atom. The van der Waals surface area contributed by atoms with Crippen LogP contribution in [0.3, 0.4) is 0 Å². The van der Waals surface area contributed by atoms with Crippen molar-refractivity contribution in [2.24, 2.45) is 0 Å². The molecule has 7 rings (SSSR count). The smallest absolute Gasteiger partial charge is 0.140 e. The molecule has 0 bridgehead atoms. The van der Waals surface area contributed by atoms with Crippen LogP contribution in [-0.4, -0.2) is 19.1 Å². The lowest BCUT2D eigenvalue weighted by Gasteiger charge is -2.11. The summed E-state index contributed by atoms with van der Waals surface area (Å²) in [4.78, 5) is 9.81. The van der Waals surface area contributed by atoms with E-state index >= 15 is 0 Å². The van der Waals surface area contributed by atoms with Gasteiger partial charge in [0.25, 0.3) is 0 Å². The fourth-order valence-corrected chi connectivity index (χ4v) is 4.86. The molecule has 0 atom stereocenters. The molecule has 150 valence electrons. The monoisotopic (exact) mass is 410 g/mol. The molecule has 3 aromatic carbocycles. The minimum atomic E-state index is 0.878. The number of aromatic nitrogens is 4. The molecule has 0 aliphatic heterocycles. The molecule has 0 unspecified atom stereocenters. The summed E-state index contributed by atoms with van der Waals surface area (Å²) in [5, 5.41) is 3.60. The van der Waals surface area contributed by atoms with E-state index in [1.807, 2.05) is 12.3 Å². The van der Waals surface area contributed by atoms with Crippen LogP contribution in [0.5, 0.6) is 0 Å². The summed E-state index contributed by atoms with van der Waals surface area (Å²) >= 11 is 0. The molecule has 0 saturated carbocycles. The molecule has 4 nitrogen and oxygen atoms in total. The first-order chi connectivity index (χ1) is 15.9. The number of nitrogens with zero attached hydrogens (tertiary/aromatic N) is 4. The molecular weight excluding hydrogens is 392 g/mol. The average molecular weight is 410 g/mol. The predicted molar refractivity (Wildman–Crippen MR) is 131 cm³/mol. The lowest BCUT2D eigenvalue weighted by molar-refractivity contribution is 1.01. The SMILES string of the molecule is c1cc(-n2c3ccccc3c3ccccc32)nc(-n2c3ccccc3c3ncccc32)c1. The molecule has 0 amide bonds. The lowest BCUT2D eigenvalue weighted by atomic mass is 10.2. The van der Waals surface area contributed by atoms with Crippen molar-refractivity contribution in [2.75, 3.05) is 0 Å². The van der Waals surface area contributed by atoms with Crippen LogP contribution in [0.15, 0.2) is 109 Å². The predicted octanol–water partition coefficient (Wildman–Crippen LogP) is 6.67. The third-order valence-corrected chi connectivity index (χ3v) is 6.19. The average Bonchev–Trinajstić information content (AvgIpc) is 3.37. The van der Waals surface area contributed by atoms with Gasteiger partial charge in [-0.05, 0) is 42.5 Å². The van der Waals surface area contributed by atoms with E-state index in [1.165, 1.54) is 10.8 Å². The maximum absolute atomic E-state index is 5.16. The van der Waals surface area contributed by atoms with Crippen molar-refractivity contribution >= 4 is 43.7 Å². The van der Waals surface area contributed by atoms with Gasteiger partial charge in [0.1, 0.15) is 11.6 Å². The van der Waals surface area contributed by atoms with Crippen LogP contribution in [-0.2, 0) is 0 Å². The Balaban J connectivity index is 1.55. The molecule has 7 aromatic rings. The van der Waals surface area contributed by atoms with Crippen molar-refractivity contribution in [1.82, 2.24) is 19.1 Å². The van der Waals surface area contributed by atoms with Gasteiger partial charge in [-0.15, -0.1) is 0 Å². The van der Waals surface area contributed by atoms with Crippen LogP contribution in [0, 0.1) is 0 Å². The summed E-state index contributed by atoms with van der Waals surface area (Å²) in [5.41, 5.74) is 5.46. The normalized spacial score (nSPS) is 11.8. The molecule has 0 spiro atoms. The number of para-hydroxylation sites is 3. The Morgan fingerprint density at radius 1 is 0.438 bits per heavy atom. The Morgan fingerprint density at radius 3 is 1.59 bits per heavy atom. The standard InChI is InChI=1S/C28H18N4/c1-4-12-22-19(9-1)20-10-2-5-13-23(20)31(22)26-16-7-17-27(30-26)32-24-14-6-3-11-21(24)28-25(32)15-8-18-29-28/h1-18H.